The van der Waals surface area contributed by atoms with Crippen molar-refractivity contribution >= 4 is 5.82 Å². The van der Waals surface area contributed by atoms with Crippen LogP contribution in [0.1, 0.15) is 36.9 Å². The Kier molecular flexibility index (Phi) is 3.39. The molecule has 1 aromatic heterocycles. The van der Waals surface area contributed by atoms with Gasteiger partial charge in [0, 0.05) is 18.3 Å². The molecule has 0 amide bonds. The van der Waals surface area contributed by atoms with Crippen LogP contribution >= 0.6 is 0 Å². The van der Waals surface area contributed by atoms with Gasteiger partial charge in [0.25, 0.3) is 0 Å². The summed E-state index contributed by atoms with van der Waals surface area (Å²) in [6, 6.07) is 6.29. The highest BCUT2D eigenvalue weighted by Crippen LogP contribution is 2.38. The second-order valence-corrected chi connectivity index (χ2v) is 5.57. The summed E-state index contributed by atoms with van der Waals surface area (Å²) < 4.78 is 5.82. The Hall–Kier alpha value is -1.60. The molecule has 2 atom stereocenters. The van der Waals surface area contributed by atoms with Crippen LogP contribution in [0.5, 0.6) is 0 Å². The molecule has 1 aromatic rings. The third kappa shape index (κ3) is 2.87. The van der Waals surface area contributed by atoms with E-state index in [1.54, 1.807) is 0 Å². The highest BCUT2D eigenvalue weighted by atomic mass is 16.5. The molecule has 1 saturated carbocycles. The van der Waals surface area contributed by atoms with Gasteiger partial charge < -0.3 is 10.1 Å². The lowest BCUT2D eigenvalue weighted by Gasteiger charge is -2.30. The van der Waals surface area contributed by atoms with E-state index < -0.39 is 0 Å². The van der Waals surface area contributed by atoms with Gasteiger partial charge in [0.1, 0.15) is 11.9 Å². The molecule has 0 bridgehead atoms. The zero-order chi connectivity index (χ0) is 13.2. The van der Waals surface area contributed by atoms with E-state index in [0.717, 1.165) is 36.9 Å². The van der Waals surface area contributed by atoms with Crippen LogP contribution in [-0.2, 0) is 4.74 Å². The highest BCUT2D eigenvalue weighted by molar-refractivity contribution is 5.52. The number of anilines is 1. The third-order valence-electron chi connectivity index (χ3n) is 3.96. The first-order chi connectivity index (χ1) is 9.26. The lowest BCUT2D eigenvalue weighted by molar-refractivity contribution is -0.00223. The van der Waals surface area contributed by atoms with Crippen molar-refractivity contribution in [1.82, 2.24) is 4.98 Å². The maximum atomic E-state index is 9.13. The molecular formula is C15H19N3O. The predicted octanol–water partition coefficient (Wildman–Crippen LogP) is 2.63. The van der Waals surface area contributed by atoms with Crippen molar-refractivity contribution in [3.8, 4) is 6.07 Å². The Morgan fingerprint density at radius 1 is 1.37 bits per heavy atom. The summed E-state index contributed by atoms with van der Waals surface area (Å²) in [6.07, 6.45) is 5.05. The van der Waals surface area contributed by atoms with Gasteiger partial charge in [-0.2, -0.15) is 5.26 Å². The third-order valence-corrected chi connectivity index (χ3v) is 3.96. The first kappa shape index (κ1) is 12.4. The van der Waals surface area contributed by atoms with E-state index in [4.69, 9.17) is 10.00 Å². The second kappa shape index (κ2) is 5.18. The van der Waals surface area contributed by atoms with E-state index in [0.29, 0.717) is 17.7 Å². The van der Waals surface area contributed by atoms with Gasteiger partial charge >= 0.3 is 0 Å². The van der Waals surface area contributed by atoms with Crippen LogP contribution in [0.15, 0.2) is 12.1 Å². The molecule has 0 aromatic carbocycles. The molecule has 0 spiro atoms. The van der Waals surface area contributed by atoms with Crippen molar-refractivity contribution in [3.05, 3.63) is 23.4 Å². The minimum Gasteiger partial charge on any atom is -0.378 e. The van der Waals surface area contributed by atoms with Gasteiger partial charge in [0.15, 0.2) is 0 Å². The fourth-order valence-corrected chi connectivity index (χ4v) is 2.71. The lowest BCUT2D eigenvalue weighted by Crippen LogP contribution is -2.35. The van der Waals surface area contributed by atoms with E-state index in [9.17, 15) is 0 Å². The number of nitrogens with one attached hydrogen (secondary N) is 1. The summed E-state index contributed by atoms with van der Waals surface area (Å²) in [6.45, 7) is 2.76. The van der Waals surface area contributed by atoms with Gasteiger partial charge in [0.2, 0.25) is 0 Å². The van der Waals surface area contributed by atoms with Gasteiger partial charge in [-0.05, 0) is 50.7 Å². The molecule has 4 nitrogen and oxygen atoms in total. The zero-order valence-electron chi connectivity index (χ0n) is 11.2. The van der Waals surface area contributed by atoms with E-state index in [2.05, 4.69) is 16.4 Å². The average molecular weight is 257 g/mol. The van der Waals surface area contributed by atoms with Crippen molar-refractivity contribution in [2.45, 2.75) is 44.8 Å². The number of nitrogens with zero attached hydrogens (tertiary/aromatic N) is 2. The molecule has 2 heterocycles. The molecular weight excluding hydrogens is 238 g/mol. The Morgan fingerprint density at radius 3 is 2.95 bits per heavy atom. The van der Waals surface area contributed by atoms with Gasteiger partial charge in [-0.25, -0.2) is 4.98 Å². The number of hydrogen-bond acceptors (Lipinski definition) is 4. The summed E-state index contributed by atoms with van der Waals surface area (Å²) in [4.78, 5) is 4.45. The number of aryl methyl sites for hydroxylation is 1. The molecule has 4 heteroatoms. The molecule has 1 aliphatic carbocycles. The number of aromatic nitrogens is 1. The van der Waals surface area contributed by atoms with Crippen LogP contribution in [0.3, 0.4) is 0 Å². The number of hydrogen-bond donors (Lipinski definition) is 1. The van der Waals surface area contributed by atoms with E-state index in [1.165, 1.54) is 12.8 Å². The molecule has 2 fully saturated rings. The quantitative estimate of drug-likeness (QED) is 0.904. The Balaban J connectivity index is 1.70. The molecule has 3 rings (SSSR count). The molecule has 2 aliphatic rings. The van der Waals surface area contributed by atoms with Crippen LogP contribution in [0.4, 0.5) is 5.82 Å². The molecule has 1 aliphatic heterocycles. The van der Waals surface area contributed by atoms with Crippen molar-refractivity contribution in [2.24, 2.45) is 5.92 Å². The van der Waals surface area contributed by atoms with Crippen LogP contribution in [0.2, 0.25) is 0 Å². The van der Waals surface area contributed by atoms with Crippen LogP contribution in [0.25, 0.3) is 0 Å². The molecule has 100 valence electrons. The van der Waals surface area contributed by atoms with Crippen LogP contribution in [0, 0.1) is 24.2 Å². The van der Waals surface area contributed by atoms with E-state index in [1.807, 2.05) is 19.1 Å². The number of ether oxygens (including phenoxy) is 1. The normalized spacial score (nSPS) is 26.7. The van der Waals surface area contributed by atoms with Gasteiger partial charge in [-0.3, -0.25) is 0 Å². The Morgan fingerprint density at radius 2 is 2.21 bits per heavy atom. The largest absolute Gasteiger partial charge is 0.378 e. The summed E-state index contributed by atoms with van der Waals surface area (Å²) in [7, 11) is 0. The summed E-state index contributed by atoms with van der Waals surface area (Å²) in [5.74, 6) is 1.49. The van der Waals surface area contributed by atoms with Crippen molar-refractivity contribution < 1.29 is 4.74 Å². The second-order valence-electron chi connectivity index (χ2n) is 5.57. The maximum Gasteiger partial charge on any atom is 0.144 e. The van der Waals surface area contributed by atoms with E-state index >= 15 is 0 Å². The monoisotopic (exact) mass is 257 g/mol. The van der Waals surface area contributed by atoms with Gasteiger partial charge in [0.05, 0.1) is 11.7 Å². The van der Waals surface area contributed by atoms with Crippen LogP contribution < -0.4 is 5.32 Å². The van der Waals surface area contributed by atoms with Crippen molar-refractivity contribution in [1.29, 1.82) is 5.26 Å². The molecule has 2 unspecified atom stereocenters. The Labute approximate surface area is 113 Å². The maximum absolute atomic E-state index is 9.13. The zero-order valence-corrected chi connectivity index (χ0v) is 11.2. The van der Waals surface area contributed by atoms with Gasteiger partial charge in [-0.15, -0.1) is 0 Å². The van der Waals surface area contributed by atoms with Crippen LogP contribution in [-0.4, -0.2) is 23.7 Å². The average Bonchev–Trinajstić information content (AvgIpc) is 3.24. The molecule has 1 saturated heterocycles. The summed E-state index contributed by atoms with van der Waals surface area (Å²) in [5.41, 5.74) is 1.56. The minimum atomic E-state index is 0.376. The molecule has 1 N–H and O–H groups in total. The Bertz CT molecular complexity index is 505. The fourth-order valence-electron chi connectivity index (χ4n) is 2.71. The smallest absolute Gasteiger partial charge is 0.144 e. The van der Waals surface area contributed by atoms with E-state index in [-0.39, 0.29) is 0 Å². The van der Waals surface area contributed by atoms with Gasteiger partial charge in [-0.1, -0.05) is 0 Å². The first-order valence-electron chi connectivity index (χ1n) is 7.02. The number of rotatable bonds is 3. The minimum absolute atomic E-state index is 0.376. The summed E-state index contributed by atoms with van der Waals surface area (Å²) in [5, 5.41) is 12.6. The van der Waals surface area contributed by atoms with Crippen molar-refractivity contribution in [3.63, 3.8) is 0 Å². The van der Waals surface area contributed by atoms with Crippen molar-refractivity contribution in [2.75, 3.05) is 11.9 Å². The lowest BCUT2D eigenvalue weighted by atomic mass is 10.00. The number of pyridine rings is 1. The standard InChI is InChI=1S/C15H19N3O/c1-10-2-3-12(9-16)15(17-10)18-13-6-7-19-14(8-13)11-4-5-11/h2-3,11,13-14H,4-8H2,1H3,(H,17,18). The summed E-state index contributed by atoms with van der Waals surface area (Å²) >= 11 is 0. The fraction of sp³-hybridized carbons (Fsp3) is 0.600. The number of nitriles is 1. The SMILES string of the molecule is Cc1ccc(C#N)c(NC2CCOC(C3CC3)C2)n1. The topological polar surface area (TPSA) is 57.9 Å². The highest BCUT2D eigenvalue weighted by Gasteiger charge is 2.36. The first-order valence-corrected chi connectivity index (χ1v) is 7.02. The molecule has 0 radical (unpaired) electrons. The molecule has 19 heavy (non-hydrogen) atoms. The predicted molar refractivity (Wildman–Crippen MR) is 72.8 cm³/mol.